The van der Waals surface area contributed by atoms with Crippen molar-refractivity contribution in [3.05, 3.63) is 23.3 Å². The van der Waals surface area contributed by atoms with Crippen molar-refractivity contribution < 1.29 is 19.3 Å². The molecule has 0 aliphatic heterocycles. The van der Waals surface area contributed by atoms with Crippen LogP contribution in [0.15, 0.2) is 12.1 Å². The average molecular weight is 212 g/mol. The maximum atomic E-state index is 9.29. The molecule has 0 radical (unpaired) electrons. The van der Waals surface area contributed by atoms with E-state index in [1.165, 1.54) is 0 Å². The zero-order valence-electron chi connectivity index (χ0n) is 9.24. The second-order valence-corrected chi connectivity index (χ2v) is 3.02. The topological polar surface area (TPSA) is 47.9 Å². The van der Waals surface area contributed by atoms with Gasteiger partial charge in [-0.3, -0.25) is 0 Å². The Morgan fingerprint density at radius 2 is 1.53 bits per heavy atom. The highest BCUT2D eigenvalue weighted by atomic mass is 16.5. The van der Waals surface area contributed by atoms with Gasteiger partial charge in [0.15, 0.2) is 0 Å². The third-order valence-electron chi connectivity index (χ3n) is 2.23. The first-order chi connectivity index (χ1) is 7.28. The number of hydrogen-bond acceptors (Lipinski definition) is 4. The Morgan fingerprint density at radius 3 is 1.93 bits per heavy atom. The van der Waals surface area contributed by atoms with Crippen molar-refractivity contribution in [2.24, 2.45) is 0 Å². The fraction of sp³-hybridized carbons (Fsp3) is 0.455. The van der Waals surface area contributed by atoms with Gasteiger partial charge < -0.3 is 19.3 Å². The van der Waals surface area contributed by atoms with Gasteiger partial charge >= 0.3 is 0 Å². The van der Waals surface area contributed by atoms with Gasteiger partial charge in [-0.1, -0.05) is 0 Å². The van der Waals surface area contributed by atoms with Gasteiger partial charge in [-0.2, -0.15) is 0 Å². The summed E-state index contributed by atoms with van der Waals surface area (Å²) in [5, 5.41) is 9.29. The van der Waals surface area contributed by atoms with Crippen molar-refractivity contribution in [2.75, 3.05) is 21.3 Å². The molecule has 0 saturated carbocycles. The van der Waals surface area contributed by atoms with E-state index < -0.39 is 0 Å². The normalized spacial score (nSPS) is 10.1. The standard InChI is InChI=1S/C11H16O4/c1-13-7-9-8(6-12)10(14-2)4-5-11(9)15-3/h4-5,12H,6-7H2,1-3H3. The number of hydrogen-bond donors (Lipinski definition) is 1. The van der Waals surface area contributed by atoms with Crippen LogP contribution in [0, 0.1) is 0 Å². The molecule has 15 heavy (non-hydrogen) atoms. The minimum Gasteiger partial charge on any atom is -0.496 e. The summed E-state index contributed by atoms with van der Waals surface area (Å²) in [5.74, 6) is 1.34. The smallest absolute Gasteiger partial charge is 0.125 e. The Bertz CT molecular complexity index is 323. The van der Waals surface area contributed by atoms with Gasteiger partial charge in [-0.05, 0) is 12.1 Å². The molecule has 1 N–H and O–H groups in total. The SMILES string of the molecule is COCc1c(OC)ccc(OC)c1CO. The minimum atomic E-state index is -0.0981. The predicted molar refractivity (Wildman–Crippen MR) is 56.2 cm³/mol. The van der Waals surface area contributed by atoms with E-state index in [9.17, 15) is 5.11 Å². The fourth-order valence-corrected chi connectivity index (χ4v) is 1.51. The van der Waals surface area contributed by atoms with Crippen LogP contribution >= 0.6 is 0 Å². The molecule has 0 amide bonds. The second-order valence-electron chi connectivity index (χ2n) is 3.02. The van der Waals surface area contributed by atoms with Gasteiger partial charge in [0.1, 0.15) is 11.5 Å². The van der Waals surface area contributed by atoms with E-state index in [1.54, 1.807) is 33.5 Å². The van der Waals surface area contributed by atoms with Crippen LogP contribution in [0.3, 0.4) is 0 Å². The second kappa shape index (κ2) is 5.58. The maximum Gasteiger partial charge on any atom is 0.125 e. The highest BCUT2D eigenvalue weighted by molar-refractivity contribution is 5.48. The summed E-state index contributed by atoms with van der Waals surface area (Å²) >= 11 is 0. The van der Waals surface area contributed by atoms with E-state index in [2.05, 4.69) is 0 Å². The summed E-state index contributed by atoms with van der Waals surface area (Å²) < 4.78 is 15.4. The molecule has 84 valence electrons. The van der Waals surface area contributed by atoms with Crippen LogP contribution in [0.25, 0.3) is 0 Å². The van der Waals surface area contributed by atoms with Gasteiger partial charge in [-0.15, -0.1) is 0 Å². The average Bonchev–Trinajstić information content (AvgIpc) is 2.28. The van der Waals surface area contributed by atoms with E-state index >= 15 is 0 Å². The first-order valence-electron chi connectivity index (χ1n) is 4.61. The molecule has 1 aromatic rings. The highest BCUT2D eigenvalue weighted by Crippen LogP contribution is 2.30. The number of benzene rings is 1. The summed E-state index contributed by atoms with van der Waals surface area (Å²) in [5.41, 5.74) is 1.53. The van der Waals surface area contributed by atoms with Crippen molar-refractivity contribution in [1.29, 1.82) is 0 Å². The van der Waals surface area contributed by atoms with Crippen LogP contribution in [0.2, 0.25) is 0 Å². The zero-order valence-corrected chi connectivity index (χ0v) is 9.24. The van der Waals surface area contributed by atoms with Gasteiger partial charge in [0.25, 0.3) is 0 Å². The lowest BCUT2D eigenvalue weighted by atomic mass is 10.1. The molecule has 0 saturated heterocycles. The van der Waals surface area contributed by atoms with E-state index in [0.29, 0.717) is 23.7 Å². The molecule has 0 bridgehead atoms. The first-order valence-corrected chi connectivity index (χ1v) is 4.61. The largest absolute Gasteiger partial charge is 0.496 e. The lowest BCUT2D eigenvalue weighted by Crippen LogP contribution is -2.02. The molecule has 0 heterocycles. The summed E-state index contributed by atoms with van der Waals surface area (Å²) in [4.78, 5) is 0. The molecular weight excluding hydrogens is 196 g/mol. The molecule has 0 aliphatic rings. The van der Waals surface area contributed by atoms with Crippen molar-refractivity contribution in [2.45, 2.75) is 13.2 Å². The number of methoxy groups -OCH3 is 3. The van der Waals surface area contributed by atoms with Crippen LogP contribution in [0.4, 0.5) is 0 Å². The Labute approximate surface area is 89.4 Å². The van der Waals surface area contributed by atoms with Crippen molar-refractivity contribution in [3.8, 4) is 11.5 Å². The molecular formula is C11H16O4. The van der Waals surface area contributed by atoms with Gasteiger partial charge in [0.05, 0.1) is 27.4 Å². The molecule has 0 spiro atoms. The van der Waals surface area contributed by atoms with Gasteiger partial charge in [0, 0.05) is 18.2 Å². The van der Waals surface area contributed by atoms with Gasteiger partial charge in [0.2, 0.25) is 0 Å². The third kappa shape index (κ3) is 2.40. The van der Waals surface area contributed by atoms with Crippen LogP contribution in [0.5, 0.6) is 11.5 Å². The molecule has 4 nitrogen and oxygen atoms in total. The molecule has 0 unspecified atom stereocenters. The number of rotatable bonds is 5. The summed E-state index contributed by atoms with van der Waals surface area (Å²) in [6.07, 6.45) is 0. The number of aliphatic hydroxyl groups excluding tert-OH is 1. The minimum absolute atomic E-state index is 0.0981. The predicted octanol–water partition coefficient (Wildman–Crippen LogP) is 1.34. The Morgan fingerprint density at radius 1 is 1.00 bits per heavy atom. The molecule has 0 atom stereocenters. The summed E-state index contributed by atoms with van der Waals surface area (Å²) in [7, 11) is 4.75. The number of aliphatic hydroxyl groups is 1. The van der Waals surface area contributed by atoms with Crippen LogP contribution < -0.4 is 9.47 Å². The van der Waals surface area contributed by atoms with Crippen LogP contribution in [-0.2, 0) is 18.0 Å². The molecule has 0 aromatic heterocycles. The fourth-order valence-electron chi connectivity index (χ4n) is 1.51. The zero-order chi connectivity index (χ0) is 11.3. The maximum absolute atomic E-state index is 9.29. The Hall–Kier alpha value is -1.26. The van der Waals surface area contributed by atoms with Crippen LogP contribution in [-0.4, -0.2) is 26.4 Å². The molecule has 1 rings (SSSR count). The Kier molecular flexibility index (Phi) is 4.39. The summed E-state index contributed by atoms with van der Waals surface area (Å²) in [6, 6.07) is 3.57. The molecule has 1 aromatic carbocycles. The van der Waals surface area contributed by atoms with E-state index in [-0.39, 0.29) is 6.61 Å². The summed E-state index contributed by atoms with van der Waals surface area (Å²) in [6.45, 7) is 0.287. The van der Waals surface area contributed by atoms with E-state index in [4.69, 9.17) is 14.2 Å². The molecule has 4 heteroatoms. The highest BCUT2D eigenvalue weighted by Gasteiger charge is 2.13. The van der Waals surface area contributed by atoms with Crippen molar-refractivity contribution in [1.82, 2.24) is 0 Å². The molecule has 0 aliphatic carbocycles. The third-order valence-corrected chi connectivity index (χ3v) is 2.23. The van der Waals surface area contributed by atoms with Crippen LogP contribution in [0.1, 0.15) is 11.1 Å². The van der Waals surface area contributed by atoms with E-state index in [0.717, 1.165) is 5.56 Å². The number of ether oxygens (including phenoxy) is 3. The lowest BCUT2D eigenvalue weighted by Gasteiger charge is -2.15. The van der Waals surface area contributed by atoms with E-state index in [1.807, 2.05) is 0 Å². The lowest BCUT2D eigenvalue weighted by molar-refractivity contribution is 0.177. The molecule has 0 fully saturated rings. The van der Waals surface area contributed by atoms with Crippen molar-refractivity contribution >= 4 is 0 Å². The Balaban J connectivity index is 3.24. The van der Waals surface area contributed by atoms with Gasteiger partial charge in [-0.25, -0.2) is 0 Å². The van der Waals surface area contributed by atoms with Crippen molar-refractivity contribution in [3.63, 3.8) is 0 Å². The monoisotopic (exact) mass is 212 g/mol. The first kappa shape index (κ1) is 11.8. The quantitative estimate of drug-likeness (QED) is 0.800.